The van der Waals surface area contributed by atoms with E-state index in [1.807, 2.05) is 43.3 Å². The van der Waals surface area contributed by atoms with Crippen molar-refractivity contribution in [2.75, 3.05) is 26.1 Å². The molecular weight excluding hydrogens is 332 g/mol. The van der Waals surface area contributed by atoms with E-state index in [0.717, 1.165) is 33.3 Å². The van der Waals surface area contributed by atoms with E-state index in [0.29, 0.717) is 10.8 Å². The Bertz CT molecular complexity index is 834. The van der Waals surface area contributed by atoms with Crippen molar-refractivity contribution in [2.24, 2.45) is 0 Å². The Balaban J connectivity index is 1.79. The number of halogens is 1. The first-order chi connectivity index (χ1) is 11.1. The molecule has 2 aromatic heterocycles. The maximum atomic E-state index is 6.42. The number of imidazole rings is 1. The van der Waals surface area contributed by atoms with Crippen molar-refractivity contribution in [3.8, 4) is 5.75 Å². The molecule has 120 valence electrons. The average molecular weight is 349 g/mol. The second kappa shape index (κ2) is 6.68. The average Bonchev–Trinajstić information content (AvgIpc) is 2.95. The molecule has 0 saturated heterocycles. The SMILES string of the molecule is COc1ccc2nc(SCc3nccc(N(C)C)c3Cl)[nH]c2c1. The molecule has 5 nitrogen and oxygen atoms in total. The molecule has 2 heterocycles. The molecule has 23 heavy (non-hydrogen) atoms. The van der Waals surface area contributed by atoms with E-state index in [1.165, 1.54) is 0 Å². The highest BCUT2D eigenvalue weighted by atomic mass is 35.5. The minimum atomic E-state index is 0.650. The van der Waals surface area contributed by atoms with Crippen molar-refractivity contribution in [3.63, 3.8) is 0 Å². The van der Waals surface area contributed by atoms with Gasteiger partial charge < -0.3 is 14.6 Å². The highest BCUT2D eigenvalue weighted by Crippen LogP contribution is 2.31. The van der Waals surface area contributed by atoms with Crippen LogP contribution in [0.4, 0.5) is 5.69 Å². The third-order valence-corrected chi connectivity index (χ3v) is 4.73. The fraction of sp³-hybridized carbons (Fsp3) is 0.250. The molecule has 1 N–H and O–H groups in total. The van der Waals surface area contributed by atoms with E-state index in [4.69, 9.17) is 16.3 Å². The first-order valence-corrected chi connectivity index (χ1v) is 8.42. The molecule has 0 bridgehead atoms. The van der Waals surface area contributed by atoms with Crippen LogP contribution in [0.15, 0.2) is 35.6 Å². The zero-order valence-electron chi connectivity index (χ0n) is 13.1. The number of pyridine rings is 1. The minimum absolute atomic E-state index is 0.650. The monoisotopic (exact) mass is 348 g/mol. The number of aromatic amines is 1. The summed E-state index contributed by atoms with van der Waals surface area (Å²) < 4.78 is 5.23. The Hall–Kier alpha value is -1.92. The quantitative estimate of drug-likeness (QED) is 0.707. The Morgan fingerprint density at radius 1 is 1.30 bits per heavy atom. The largest absolute Gasteiger partial charge is 0.497 e. The van der Waals surface area contributed by atoms with Gasteiger partial charge in [0.2, 0.25) is 0 Å². The molecule has 3 rings (SSSR count). The van der Waals surface area contributed by atoms with Crippen LogP contribution in [0.3, 0.4) is 0 Å². The van der Waals surface area contributed by atoms with Gasteiger partial charge in [0.15, 0.2) is 5.16 Å². The van der Waals surface area contributed by atoms with Crippen LogP contribution in [0.25, 0.3) is 11.0 Å². The second-order valence-corrected chi connectivity index (χ2v) is 6.54. The van der Waals surface area contributed by atoms with E-state index < -0.39 is 0 Å². The van der Waals surface area contributed by atoms with Crippen LogP contribution in [0.5, 0.6) is 5.75 Å². The van der Waals surface area contributed by atoms with Crippen LogP contribution in [-0.2, 0) is 5.75 Å². The van der Waals surface area contributed by atoms with Crippen LogP contribution in [0.1, 0.15) is 5.69 Å². The molecule has 0 spiro atoms. The molecule has 0 aliphatic heterocycles. The summed E-state index contributed by atoms with van der Waals surface area (Å²) in [5.74, 6) is 1.46. The van der Waals surface area contributed by atoms with Gasteiger partial charge >= 0.3 is 0 Å². The number of fused-ring (bicyclic) bond motifs is 1. The lowest BCUT2D eigenvalue weighted by molar-refractivity contribution is 0.415. The summed E-state index contributed by atoms with van der Waals surface area (Å²) in [5.41, 5.74) is 3.68. The van der Waals surface area contributed by atoms with Crippen molar-refractivity contribution in [1.82, 2.24) is 15.0 Å². The molecule has 7 heteroatoms. The van der Waals surface area contributed by atoms with Crippen LogP contribution < -0.4 is 9.64 Å². The number of benzene rings is 1. The van der Waals surface area contributed by atoms with E-state index >= 15 is 0 Å². The fourth-order valence-electron chi connectivity index (χ4n) is 2.22. The van der Waals surface area contributed by atoms with E-state index in [9.17, 15) is 0 Å². The number of H-pyrrole nitrogens is 1. The molecule has 0 amide bonds. The van der Waals surface area contributed by atoms with Gasteiger partial charge in [-0.3, -0.25) is 4.98 Å². The lowest BCUT2D eigenvalue weighted by Crippen LogP contribution is -2.10. The number of rotatable bonds is 5. The van der Waals surface area contributed by atoms with Crippen molar-refractivity contribution in [3.05, 3.63) is 41.2 Å². The van der Waals surface area contributed by atoms with E-state index in [2.05, 4.69) is 15.0 Å². The van der Waals surface area contributed by atoms with Crippen molar-refractivity contribution in [1.29, 1.82) is 0 Å². The molecule has 0 atom stereocenters. The number of hydrogen-bond donors (Lipinski definition) is 1. The van der Waals surface area contributed by atoms with Gasteiger partial charge in [0.25, 0.3) is 0 Å². The summed E-state index contributed by atoms with van der Waals surface area (Å²) >= 11 is 8.00. The predicted octanol–water partition coefficient (Wildman–Crippen LogP) is 3.98. The molecule has 0 radical (unpaired) electrons. The molecule has 1 aromatic carbocycles. The molecule has 0 fully saturated rings. The molecule has 0 saturated carbocycles. The predicted molar refractivity (Wildman–Crippen MR) is 95.8 cm³/mol. The maximum Gasteiger partial charge on any atom is 0.166 e. The summed E-state index contributed by atoms with van der Waals surface area (Å²) in [7, 11) is 5.58. The van der Waals surface area contributed by atoms with E-state index in [1.54, 1.807) is 25.1 Å². The van der Waals surface area contributed by atoms with Gasteiger partial charge in [0, 0.05) is 32.1 Å². The van der Waals surface area contributed by atoms with Gasteiger partial charge in [0.05, 0.1) is 34.5 Å². The molecule has 3 aromatic rings. The van der Waals surface area contributed by atoms with E-state index in [-0.39, 0.29) is 0 Å². The maximum absolute atomic E-state index is 6.42. The summed E-state index contributed by atoms with van der Waals surface area (Å²) in [4.78, 5) is 14.2. The zero-order valence-corrected chi connectivity index (χ0v) is 14.7. The van der Waals surface area contributed by atoms with Crippen LogP contribution in [-0.4, -0.2) is 36.2 Å². The number of anilines is 1. The third kappa shape index (κ3) is 3.38. The number of hydrogen-bond acceptors (Lipinski definition) is 5. The second-order valence-electron chi connectivity index (χ2n) is 5.20. The number of thioether (sulfide) groups is 1. The lowest BCUT2D eigenvalue weighted by atomic mass is 10.3. The van der Waals surface area contributed by atoms with Gasteiger partial charge in [-0.25, -0.2) is 4.98 Å². The van der Waals surface area contributed by atoms with Gasteiger partial charge in [-0.2, -0.15) is 0 Å². The highest BCUT2D eigenvalue weighted by Gasteiger charge is 2.11. The minimum Gasteiger partial charge on any atom is -0.497 e. The molecule has 0 unspecified atom stereocenters. The van der Waals surface area contributed by atoms with Gasteiger partial charge in [-0.1, -0.05) is 23.4 Å². The molecule has 0 aliphatic rings. The first-order valence-electron chi connectivity index (χ1n) is 7.05. The van der Waals surface area contributed by atoms with Crippen molar-refractivity contribution in [2.45, 2.75) is 10.9 Å². The number of methoxy groups -OCH3 is 1. The Kier molecular flexibility index (Phi) is 4.63. The lowest BCUT2D eigenvalue weighted by Gasteiger charge is -2.15. The molecular formula is C16H17ClN4OS. The topological polar surface area (TPSA) is 54.0 Å². The van der Waals surface area contributed by atoms with Crippen molar-refractivity contribution >= 4 is 40.1 Å². The third-order valence-electron chi connectivity index (χ3n) is 3.44. The van der Waals surface area contributed by atoms with Crippen LogP contribution in [0.2, 0.25) is 5.02 Å². The van der Waals surface area contributed by atoms with Gasteiger partial charge in [-0.05, 0) is 18.2 Å². The van der Waals surface area contributed by atoms with Crippen LogP contribution in [0, 0.1) is 0 Å². The normalized spacial score (nSPS) is 11.0. The fourth-order valence-corrected chi connectivity index (χ4v) is 3.48. The number of nitrogens with zero attached hydrogens (tertiary/aromatic N) is 3. The van der Waals surface area contributed by atoms with Gasteiger partial charge in [0.1, 0.15) is 5.75 Å². The summed E-state index contributed by atoms with van der Waals surface area (Å²) in [6.45, 7) is 0. The van der Waals surface area contributed by atoms with Crippen molar-refractivity contribution < 1.29 is 4.74 Å². The zero-order chi connectivity index (χ0) is 16.4. The summed E-state index contributed by atoms with van der Waals surface area (Å²) in [5, 5.41) is 1.52. The number of aromatic nitrogens is 3. The Morgan fingerprint density at radius 2 is 2.13 bits per heavy atom. The number of nitrogens with one attached hydrogen (secondary N) is 1. The summed E-state index contributed by atoms with van der Waals surface area (Å²) in [6.07, 6.45) is 1.78. The standard InChI is InChI=1S/C16H17ClN4OS/c1-21(2)14-6-7-18-13(15(14)17)9-23-16-19-11-5-4-10(22-3)8-12(11)20-16/h4-8H,9H2,1-3H3,(H,19,20). The van der Waals surface area contributed by atoms with Gasteiger partial charge in [-0.15, -0.1) is 0 Å². The molecule has 0 aliphatic carbocycles. The first kappa shape index (κ1) is 16.0. The number of ether oxygens (including phenoxy) is 1. The Morgan fingerprint density at radius 3 is 2.87 bits per heavy atom. The van der Waals surface area contributed by atoms with Crippen LogP contribution >= 0.6 is 23.4 Å². The highest BCUT2D eigenvalue weighted by molar-refractivity contribution is 7.98. The summed E-state index contributed by atoms with van der Waals surface area (Å²) in [6, 6.07) is 7.68. The Labute approximate surface area is 144 Å². The smallest absolute Gasteiger partial charge is 0.166 e.